The summed E-state index contributed by atoms with van der Waals surface area (Å²) < 4.78 is 5.50. The maximum Gasteiger partial charge on any atom is 0.311 e. The van der Waals surface area contributed by atoms with E-state index in [2.05, 4.69) is 4.98 Å². The van der Waals surface area contributed by atoms with Crippen LogP contribution in [0.5, 0.6) is 11.6 Å². The van der Waals surface area contributed by atoms with E-state index < -0.39 is 11.0 Å². The molecule has 1 aromatic heterocycles. The molecule has 1 heterocycles. The zero-order chi connectivity index (χ0) is 15.4. The first-order valence-corrected chi connectivity index (χ1v) is 6.60. The van der Waals surface area contributed by atoms with Crippen molar-refractivity contribution in [3.05, 3.63) is 57.8 Å². The number of pyridine rings is 1. The Morgan fingerprint density at radius 1 is 1.38 bits per heavy atom. The first-order chi connectivity index (χ1) is 10.0. The van der Waals surface area contributed by atoms with Crippen LogP contribution in [0.3, 0.4) is 0 Å². The number of hydrogen-bond donors (Lipinski definition) is 1. The van der Waals surface area contributed by atoms with Crippen LogP contribution in [0.4, 0.5) is 5.69 Å². The standard InChI is InChI=1S/C15H16N2O4/c1-3-11-4-5-14(13(8-11)17(19)20)21-15-9-12(10(2)18)6-7-16-15/h4-10,18H,3H2,1-2H3/t10-/m0/s1. The summed E-state index contributed by atoms with van der Waals surface area (Å²) >= 11 is 0. The average molecular weight is 288 g/mol. The highest BCUT2D eigenvalue weighted by atomic mass is 16.6. The zero-order valence-electron chi connectivity index (χ0n) is 11.8. The number of ether oxygens (including phenoxy) is 1. The molecule has 21 heavy (non-hydrogen) atoms. The van der Waals surface area contributed by atoms with Gasteiger partial charge in [0.25, 0.3) is 0 Å². The van der Waals surface area contributed by atoms with Gasteiger partial charge in [0.1, 0.15) is 0 Å². The number of aryl methyl sites for hydroxylation is 1. The molecule has 0 unspecified atom stereocenters. The lowest BCUT2D eigenvalue weighted by atomic mass is 10.1. The van der Waals surface area contributed by atoms with Gasteiger partial charge in [-0.15, -0.1) is 0 Å². The Hall–Kier alpha value is -2.47. The van der Waals surface area contributed by atoms with E-state index >= 15 is 0 Å². The van der Waals surface area contributed by atoms with Crippen LogP contribution in [0.2, 0.25) is 0 Å². The zero-order valence-corrected chi connectivity index (χ0v) is 11.8. The monoisotopic (exact) mass is 288 g/mol. The van der Waals surface area contributed by atoms with Gasteiger partial charge in [0.05, 0.1) is 11.0 Å². The van der Waals surface area contributed by atoms with Crippen molar-refractivity contribution in [1.82, 2.24) is 4.98 Å². The van der Waals surface area contributed by atoms with Crippen LogP contribution in [-0.2, 0) is 6.42 Å². The predicted molar refractivity (Wildman–Crippen MR) is 77.4 cm³/mol. The number of nitrogens with zero attached hydrogens (tertiary/aromatic N) is 2. The van der Waals surface area contributed by atoms with Crippen LogP contribution in [-0.4, -0.2) is 15.0 Å². The Bertz CT molecular complexity index is 656. The SMILES string of the molecule is CCc1ccc(Oc2cc([C@H](C)O)ccn2)c([N+](=O)[O-])c1. The highest BCUT2D eigenvalue weighted by molar-refractivity contribution is 5.50. The number of aliphatic hydroxyl groups is 1. The first kappa shape index (κ1) is 14.9. The Balaban J connectivity index is 2.35. The molecule has 0 radical (unpaired) electrons. The number of rotatable bonds is 5. The van der Waals surface area contributed by atoms with Crippen LogP contribution in [0.15, 0.2) is 36.5 Å². The molecule has 1 N–H and O–H groups in total. The molecular weight excluding hydrogens is 272 g/mol. The Labute approximate surface area is 122 Å². The number of nitro groups is 1. The van der Waals surface area contributed by atoms with Gasteiger partial charge in [-0.1, -0.05) is 13.0 Å². The molecule has 6 heteroatoms. The highest BCUT2D eigenvalue weighted by Gasteiger charge is 2.17. The molecule has 0 aliphatic heterocycles. The number of aliphatic hydroxyl groups excluding tert-OH is 1. The molecule has 1 atom stereocenters. The van der Waals surface area contributed by atoms with Crippen LogP contribution in [0.1, 0.15) is 31.1 Å². The lowest BCUT2D eigenvalue weighted by Gasteiger charge is -2.09. The molecule has 6 nitrogen and oxygen atoms in total. The second-order valence-corrected chi connectivity index (χ2v) is 4.62. The van der Waals surface area contributed by atoms with Gasteiger partial charge in [-0.25, -0.2) is 4.98 Å². The lowest BCUT2D eigenvalue weighted by Crippen LogP contribution is -1.97. The van der Waals surface area contributed by atoms with Crippen LogP contribution >= 0.6 is 0 Å². The van der Waals surface area contributed by atoms with Gasteiger partial charge < -0.3 is 9.84 Å². The molecule has 0 bridgehead atoms. The smallest absolute Gasteiger partial charge is 0.311 e. The molecule has 0 saturated heterocycles. The summed E-state index contributed by atoms with van der Waals surface area (Å²) in [7, 11) is 0. The van der Waals surface area contributed by atoms with E-state index in [0.29, 0.717) is 12.0 Å². The molecule has 0 saturated carbocycles. The third-order valence-corrected chi connectivity index (χ3v) is 3.08. The van der Waals surface area contributed by atoms with E-state index in [4.69, 9.17) is 4.74 Å². The van der Waals surface area contributed by atoms with Gasteiger partial charge >= 0.3 is 5.69 Å². The topological polar surface area (TPSA) is 85.5 Å². The van der Waals surface area contributed by atoms with Gasteiger partial charge in [-0.3, -0.25) is 10.1 Å². The molecule has 0 aliphatic carbocycles. The fraction of sp³-hybridized carbons (Fsp3) is 0.267. The summed E-state index contributed by atoms with van der Waals surface area (Å²) in [6.45, 7) is 3.55. The van der Waals surface area contributed by atoms with Crippen molar-refractivity contribution in [3.63, 3.8) is 0 Å². The minimum absolute atomic E-state index is 0.0985. The van der Waals surface area contributed by atoms with Gasteiger partial charge in [0.2, 0.25) is 11.6 Å². The number of benzene rings is 1. The van der Waals surface area contributed by atoms with E-state index in [1.54, 1.807) is 31.2 Å². The van der Waals surface area contributed by atoms with Gasteiger partial charge in [0, 0.05) is 18.3 Å². The van der Waals surface area contributed by atoms with Crippen LogP contribution < -0.4 is 4.74 Å². The maximum absolute atomic E-state index is 11.1. The minimum Gasteiger partial charge on any atom is -0.432 e. The van der Waals surface area contributed by atoms with E-state index in [-0.39, 0.29) is 17.3 Å². The molecule has 2 aromatic rings. The van der Waals surface area contributed by atoms with Crippen molar-refractivity contribution in [2.24, 2.45) is 0 Å². The average Bonchev–Trinajstić information content (AvgIpc) is 2.47. The van der Waals surface area contributed by atoms with Gasteiger partial charge in [0.15, 0.2) is 0 Å². The third kappa shape index (κ3) is 3.55. The Morgan fingerprint density at radius 3 is 2.76 bits per heavy atom. The summed E-state index contributed by atoms with van der Waals surface area (Å²) in [5, 5.41) is 20.7. The lowest BCUT2D eigenvalue weighted by molar-refractivity contribution is -0.385. The summed E-state index contributed by atoms with van der Waals surface area (Å²) in [6, 6.07) is 8.05. The minimum atomic E-state index is -0.659. The summed E-state index contributed by atoms with van der Waals surface area (Å²) in [6.07, 6.45) is 1.54. The van der Waals surface area contributed by atoms with Crippen LogP contribution in [0.25, 0.3) is 0 Å². The first-order valence-electron chi connectivity index (χ1n) is 6.60. The molecular formula is C15H16N2O4. The van der Waals surface area contributed by atoms with E-state index in [1.807, 2.05) is 6.92 Å². The predicted octanol–water partition coefficient (Wildman–Crippen LogP) is 3.40. The molecule has 0 spiro atoms. The summed E-state index contributed by atoms with van der Waals surface area (Å²) in [5.41, 5.74) is 1.39. The quantitative estimate of drug-likeness (QED) is 0.673. The van der Waals surface area contributed by atoms with Crippen molar-refractivity contribution in [2.45, 2.75) is 26.4 Å². The number of aromatic nitrogens is 1. The van der Waals surface area contributed by atoms with Crippen molar-refractivity contribution < 1.29 is 14.8 Å². The van der Waals surface area contributed by atoms with E-state index in [1.165, 1.54) is 12.3 Å². The second-order valence-electron chi connectivity index (χ2n) is 4.62. The van der Waals surface area contributed by atoms with Crippen molar-refractivity contribution in [1.29, 1.82) is 0 Å². The largest absolute Gasteiger partial charge is 0.432 e. The van der Waals surface area contributed by atoms with Crippen molar-refractivity contribution in [2.75, 3.05) is 0 Å². The molecule has 110 valence electrons. The van der Waals surface area contributed by atoms with Gasteiger partial charge in [-0.2, -0.15) is 0 Å². The van der Waals surface area contributed by atoms with Gasteiger partial charge in [-0.05, 0) is 36.6 Å². The maximum atomic E-state index is 11.1. The molecule has 0 fully saturated rings. The van der Waals surface area contributed by atoms with Crippen molar-refractivity contribution >= 4 is 5.69 Å². The third-order valence-electron chi connectivity index (χ3n) is 3.08. The Morgan fingerprint density at radius 2 is 2.14 bits per heavy atom. The molecule has 0 amide bonds. The normalized spacial score (nSPS) is 12.0. The Kier molecular flexibility index (Phi) is 4.49. The van der Waals surface area contributed by atoms with E-state index in [9.17, 15) is 15.2 Å². The van der Waals surface area contributed by atoms with Crippen molar-refractivity contribution in [3.8, 4) is 11.6 Å². The van der Waals surface area contributed by atoms with E-state index in [0.717, 1.165) is 5.56 Å². The number of hydrogen-bond acceptors (Lipinski definition) is 5. The molecule has 1 aromatic carbocycles. The fourth-order valence-electron chi connectivity index (χ4n) is 1.86. The molecule has 2 rings (SSSR count). The summed E-state index contributed by atoms with van der Waals surface area (Å²) in [4.78, 5) is 14.6. The summed E-state index contributed by atoms with van der Waals surface area (Å²) in [5.74, 6) is 0.341. The second kappa shape index (κ2) is 6.32. The molecule has 0 aliphatic rings. The number of nitro benzene ring substituents is 1. The highest BCUT2D eigenvalue weighted by Crippen LogP contribution is 2.32. The fourth-order valence-corrected chi connectivity index (χ4v) is 1.86. The van der Waals surface area contributed by atoms with Crippen LogP contribution in [0, 0.1) is 10.1 Å².